The van der Waals surface area contributed by atoms with E-state index >= 15 is 0 Å². The Morgan fingerprint density at radius 1 is 1.25 bits per heavy atom. The van der Waals surface area contributed by atoms with Gasteiger partial charge in [0.25, 0.3) is 5.91 Å². The average Bonchev–Trinajstić information content (AvgIpc) is 2.42. The first-order valence-corrected chi connectivity index (χ1v) is 6.50. The third-order valence-corrected chi connectivity index (χ3v) is 3.65. The predicted octanol–water partition coefficient (Wildman–Crippen LogP) is 3.87. The van der Waals surface area contributed by atoms with E-state index in [2.05, 4.69) is 21.2 Å². The largest absolute Gasteiger partial charge is 0.397 e. The number of nitrogens with one attached hydrogen (secondary N) is 1. The summed E-state index contributed by atoms with van der Waals surface area (Å²) in [6, 6.07) is 7.02. The first-order chi connectivity index (χ1) is 9.40. The quantitative estimate of drug-likeness (QED) is 0.815. The molecule has 2 aromatic rings. The summed E-state index contributed by atoms with van der Waals surface area (Å²) in [5.74, 6) is -2.81. The van der Waals surface area contributed by atoms with Gasteiger partial charge in [-0.1, -0.05) is 22.0 Å². The van der Waals surface area contributed by atoms with Crippen LogP contribution in [-0.2, 0) is 0 Å². The van der Waals surface area contributed by atoms with Gasteiger partial charge in [-0.15, -0.1) is 0 Å². The van der Waals surface area contributed by atoms with Gasteiger partial charge in [0.2, 0.25) is 0 Å². The van der Waals surface area contributed by atoms with Crippen LogP contribution in [0.4, 0.5) is 20.2 Å². The molecule has 0 heterocycles. The van der Waals surface area contributed by atoms with E-state index in [-0.39, 0.29) is 11.4 Å². The Hall–Kier alpha value is -1.95. The number of nitrogen functional groups attached to an aromatic ring is 1. The second-order valence-corrected chi connectivity index (χ2v) is 5.10. The summed E-state index contributed by atoms with van der Waals surface area (Å²) in [4.78, 5) is 12.0. The minimum absolute atomic E-state index is 0.0385. The van der Waals surface area contributed by atoms with E-state index in [1.54, 1.807) is 18.2 Å². The SMILES string of the molecule is Cc1ccc(C(=O)Nc2c(N)ccc(F)c2F)cc1Br. The van der Waals surface area contributed by atoms with Gasteiger partial charge >= 0.3 is 0 Å². The van der Waals surface area contributed by atoms with Crippen LogP contribution in [0.3, 0.4) is 0 Å². The number of hydrogen-bond acceptors (Lipinski definition) is 2. The van der Waals surface area contributed by atoms with Crippen molar-refractivity contribution < 1.29 is 13.6 Å². The summed E-state index contributed by atoms with van der Waals surface area (Å²) in [5.41, 5.74) is 6.41. The predicted molar refractivity (Wildman–Crippen MR) is 77.6 cm³/mol. The van der Waals surface area contributed by atoms with E-state index in [1.807, 2.05) is 6.92 Å². The van der Waals surface area contributed by atoms with Crippen molar-refractivity contribution in [2.75, 3.05) is 11.1 Å². The molecule has 2 aromatic carbocycles. The van der Waals surface area contributed by atoms with Gasteiger partial charge in [-0.3, -0.25) is 4.79 Å². The lowest BCUT2D eigenvalue weighted by atomic mass is 10.1. The summed E-state index contributed by atoms with van der Waals surface area (Å²) >= 11 is 3.30. The smallest absolute Gasteiger partial charge is 0.255 e. The van der Waals surface area contributed by atoms with Crippen LogP contribution in [0.2, 0.25) is 0 Å². The number of nitrogens with two attached hydrogens (primary N) is 1. The molecule has 6 heteroatoms. The highest BCUT2D eigenvalue weighted by molar-refractivity contribution is 9.10. The van der Waals surface area contributed by atoms with E-state index < -0.39 is 17.5 Å². The third kappa shape index (κ3) is 2.80. The van der Waals surface area contributed by atoms with Crippen LogP contribution in [0.15, 0.2) is 34.8 Å². The number of rotatable bonds is 2. The zero-order valence-electron chi connectivity index (χ0n) is 10.5. The van der Waals surface area contributed by atoms with Gasteiger partial charge in [0.15, 0.2) is 11.6 Å². The highest BCUT2D eigenvalue weighted by Crippen LogP contribution is 2.25. The monoisotopic (exact) mass is 340 g/mol. The van der Waals surface area contributed by atoms with Gasteiger partial charge < -0.3 is 11.1 Å². The molecule has 0 radical (unpaired) electrons. The molecule has 3 N–H and O–H groups in total. The van der Waals surface area contributed by atoms with Gasteiger partial charge in [-0.05, 0) is 36.8 Å². The number of hydrogen-bond donors (Lipinski definition) is 2. The second kappa shape index (κ2) is 5.58. The topological polar surface area (TPSA) is 55.1 Å². The van der Waals surface area contributed by atoms with Crippen LogP contribution in [0.25, 0.3) is 0 Å². The average molecular weight is 341 g/mol. The molecule has 0 aliphatic heterocycles. The molecule has 0 saturated heterocycles. The molecule has 3 nitrogen and oxygen atoms in total. The fourth-order valence-electron chi connectivity index (χ4n) is 1.61. The van der Waals surface area contributed by atoms with Crippen LogP contribution in [0, 0.1) is 18.6 Å². The number of anilines is 2. The van der Waals surface area contributed by atoms with Crippen molar-refractivity contribution >= 4 is 33.2 Å². The van der Waals surface area contributed by atoms with Gasteiger partial charge in [0, 0.05) is 10.0 Å². The van der Waals surface area contributed by atoms with E-state index in [4.69, 9.17) is 5.73 Å². The number of halogens is 3. The molecule has 20 heavy (non-hydrogen) atoms. The lowest BCUT2D eigenvalue weighted by molar-refractivity contribution is 0.102. The zero-order valence-corrected chi connectivity index (χ0v) is 12.1. The molecule has 0 spiro atoms. The maximum absolute atomic E-state index is 13.6. The number of carbonyl (C=O) groups is 1. The number of benzene rings is 2. The number of aryl methyl sites for hydroxylation is 1. The van der Waals surface area contributed by atoms with Gasteiger partial charge in [0.1, 0.15) is 5.69 Å². The van der Waals surface area contributed by atoms with Crippen LogP contribution >= 0.6 is 15.9 Å². The van der Waals surface area contributed by atoms with Crippen molar-refractivity contribution in [2.45, 2.75) is 6.92 Å². The van der Waals surface area contributed by atoms with Crippen molar-refractivity contribution in [1.82, 2.24) is 0 Å². The Balaban J connectivity index is 2.32. The van der Waals surface area contributed by atoms with E-state index in [1.165, 1.54) is 6.07 Å². The highest BCUT2D eigenvalue weighted by atomic mass is 79.9. The van der Waals surface area contributed by atoms with Crippen LogP contribution in [0.5, 0.6) is 0 Å². The Labute approximate surface area is 122 Å². The van der Waals surface area contributed by atoms with Crippen molar-refractivity contribution in [3.05, 3.63) is 57.6 Å². The second-order valence-electron chi connectivity index (χ2n) is 4.24. The molecule has 0 atom stereocenters. The third-order valence-electron chi connectivity index (χ3n) is 2.80. The van der Waals surface area contributed by atoms with Gasteiger partial charge in [0.05, 0.1) is 5.69 Å². The van der Waals surface area contributed by atoms with Crippen LogP contribution in [-0.4, -0.2) is 5.91 Å². The lowest BCUT2D eigenvalue weighted by Crippen LogP contribution is -2.15. The van der Waals surface area contributed by atoms with Crippen molar-refractivity contribution in [3.63, 3.8) is 0 Å². The van der Waals surface area contributed by atoms with Crippen LogP contribution < -0.4 is 11.1 Å². The first kappa shape index (κ1) is 14.5. The Kier molecular flexibility index (Phi) is 4.04. The molecule has 0 bridgehead atoms. The molecule has 0 unspecified atom stereocenters. The minimum atomic E-state index is -1.18. The Morgan fingerprint density at radius 2 is 1.95 bits per heavy atom. The standard InChI is InChI=1S/C14H11BrF2N2O/c1-7-2-3-8(6-9(7)15)14(20)19-13-11(18)5-4-10(16)12(13)17/h2-6H,18H2,1H3,(H,19,20). The van der Waals surface area contributed by atoms with Crippen LogP contribution in [0.1, 0.15) is 15.9 Å². The normalized spacial score (nSPS) is 10.4. The highest BCUT2D eigenvalue weighted by Gasteiger charge is 2.16. The van der Waals surface area contributed by atoms with Gasteiger partial charge in [-0.2, -0.15) is 0 Å². The molecular formula is C14H11BrF2N2O. The summed E-state index contributed by atoms with van der Waals surface area (Å²) in [6.07, 6.45) is 0. The zero-order chi connectivity index (χ0) is 14.9. The first-order valence-electron chi connectivity index (χ1n) is 5.71. The summed E-state index contributed by atoms with van der Waals surface area (Å²) in [5, 5.41) is 2.28. The molecule has 0 fully saturated rings. The Bertz CT molecular complexity index is 689. The molecule has 2 rings (SSSR count). The molecule has 0 aromatic heterocycles. The Morgan fingerprint density at radius 3 is 2.60 bits per heavy atom. The van der Waals surface area contributed by atoms with E-state index in [0.29, 0.717) is 5.56 Å². The maximum atomic E-state index is 13.6. The van der Waals surface area contributed by atoms with Crippen molar-refractivity contribution in [1.29, 1.82) is 0 Å². The van der Waals surface area contributed by atoms with Gasteiger partial charge in [-0.25, -0.2) is 8.78 Å². The molecule has 0 aliphatic rings. The molecule has 0 saturated carbocycles. The molecule has 0 aliphatic carbocycles. The van der Waals surface area contributed by atoms with E-state index in [9.17, 15) is 13.6 Å². The number of amides is 1. The number of carbonyl (C=O) groups excluding carboxylic acids is 1. The minimum Gasteiger partial charge on any atom is -0.397 e. The van der Waals surface area contributed by atoms with Crippen molar-refractivity contribution in [2.24, 2.45) is 0 Å². The fraction of sp³-hybridized carbons (Fsp3) is 0.0714. The summed E-state index contributed by atoms with van der Waals surface area (Å²) < 4.78 is 27.5. The molecule has 104 valence electrons. The fourth-order valence-corrected chi connectivity index (χ4v) is 1.99. The summed E-state index contributed by atoms with van der Waals surface area (Å²) in [7, 11) is 0. The lowest BCUT2D eigenvalue weighted by Gasteiger charge is -2.10. The molecule has 1 amide bonds. The summed E-state index contributed by atoms with van der Waals surface area (Å²) in [6.45, 7) is 1.87. The molecular weight excluding hydrogens is 330 g/mol. The van der Waals surface area contributed by atoms with E-state index in [0.717, 1.165) is 16.1 Å². The van der Waals surface area contributed by atoms with Crippen molar-refractivity contribution in [3.8, 4) is 0 Å². The maximum Gasteiger partial charge on any atom is 0.255 e.